The number of esters is 1. The second-order valence-electron chi connectivity index (χ2n) is 4.56. The molecular weight excluding hydrogens is 294 g/mol. The van der Waals surface area contributed by atoms with Gasteiger partial charge in [0.2, 0.25) is 5.91 Å². The number of fused-ring (bicyclic) bond motifs is 1. The number of ether oxygens (including phenoxy) is 2. The number of anilines is 1. The van der Waals surface area contributed by atoms with Crippen LogP contribution in [0.15, 0.2) is 48.6 Å². The van der Waals surface area contributed by atoms with E-state index in [4.69, 9.17) is 11.2 Å². The fourth-order valence-corrected chi connectivity index (χ4v) is 1.91. The van der Waals surface area contributed by atoms with Crippen LogP contribution in [0.4, 0.5) is 5.69 Å². The van der Waals surface area contributed by atoms with Crippen molar-refractivity contribution in [1.29, 1.82) is 0 Å². The molecule has 0 unspecified atom stereocenters. The summed E-state index contributed by atoms with van der Waals surface area (Å²) in [5.74, 6) is 2.05. The molecule has 0 aliphatic heterocycles. The third-order valence-electron chi connectivity index (χ3n) is 2.97. The average Bonchev–Trinajstić information content (AvgIpc) is 2.57. The Bertz CT molecular complexity index is 802. The standard InChI is InChI=1S/C18H15NO4/c1-3-10-23-16-7-5-13-4-6-15(11-14(13)12-16)19-17(20)8-9-18(21)22-2/h1,4-9,11-12H,10H2,2H3,(H,19,20)/b9-8-. The van der Waals surface area contributed by atoms with Crippen molar-refractivity contribution in [2.45, 2.75) is 0 Å². The fraction of sp³-hybridized carbons (Fsp3) is 0.111. The van der Waals surface area contributed by atoms with Crippen LogP contribution in [-0.4, -0.2) is 25.6 Å². The number of terminal acetylenes is 1. The minimum atomic E-state index is -0.589. The molecule has 5 heteroatoms. The van der Waals surface area contributed by atoms with Crippen molar-refractivity contribution in [3.05, 3.63) is 48.6 Å². The Morgan fingerprint density at radius 2 is 1.96 bits per heavy atom. The lowest BCUT2D eigenvalue weighted by Gasteiger charge is -2.07. The first-order chi connectivity index (χ1) is 11.1. The maximum absolute atomic E-state index is 11.7. The summed E-state index contributed by atoms with van der Waals surface area (Å²) in [6, 6.07) is 11.0. The van der Waals surface area contributed by atoms with Crippen molar-refractivity contribution < 1.29 is 19.1 Å². The first-order valence-electron chi connectivity index (χ1n) is 6.79. The largest absolute Gasteiger partial charge is 0.481 e. The lowest BCUT2D eigenvalue weighted by atomic mass is 10.1. The molecule has 0 saturated heterocycles. The van der Waals surface area contributed by atoms with Crippen LogP contribution in [0.1, 0.15) is 0 Å². The summed E-state index contributed by atoms with van der Waals surface area (Å²) < 4.78 is 9.80. The SMILES string of the molecule is C#CCOc1ccc2ccc(NC(=O)/C=C\C(=O)OC)cc2c1. The minimum absolute atomic E-state index is 0.195. The highest BCUT2D eigenvalue weighted by Crippen LogP contribution is 2.24. The van der Waals surface area contributed by atoms with E-state index in [1.807, 2.05) is 30.3 Å². The van der Waals surface area contributed by atoms with Crippen LogP contribution >= 0.6 is 0 Å². The van der Waals surface area contributed by atoms with Gasteiger partial charge in [0.15, 0.2) is 0 Å². The number of carbonyl (C=O) groups excluding carboxylic acids is 2. The van der Waals surface area contributed by atoms with Crippen LogP contribution in [0.3, 0.4) is 0 Å². The summed E-state index contributed by atoms with van der Waals surface area (Å²) >= 11 is 0. The molecule has 0 radical (unpaired) electrons. The van der Waals surface area contributed by atoms with Crippen molar-refractivity contribution in [1.82, 2.24) is 0 Å². The monoisotopic (exact) mass is 309 g/mol. The molecule has 0 aliphatic rings. The molecule has 0 saturated carbocycles. The molecule has 0 aliphatic carbocycles. The Morgan fingerprint density at radius 1 is 1.17 bits per heavy atom. The molecule has 5 nitrogen and oxygen atoms in total. The van der Waals surface area contributed by atoms with E-state index in [0.717, 1.165) is 22.9 Å². The smallest absolute Gasteiger partial charge is 0.330 e. The first-order valence-corrected chi connectivity index (χ1v) is 6.79. The number of benzene rings is 2. The zero-order valence-electron chi connectivity index (χ0n) is 12.5. The van der Waals surface area contributed by atoms with Gasteiger partial charge in [0.25, 0.3) is 0 Å². The van der Waals surface area contributed by atoms with Crippen molar-refractivity contribution in [2.75, 3.05) is 19.0 Å². The summed E-state index contributed by atoms with van der Waals surface area (Å²) in [7, 11) is 1.24. The van der Waals surface area contributed by atoms with Crippen LogP contribution in [0.25, 0.3) is 10.8 Å². The lowest BCUT2D eigenvalue weighted by Crippen LogP contribution is -2.09. The summed E-state index contributed by atoms with van der Waals surface area (Å²) in [6.45, 7) is 0.195. The van der Waals surface area contributed by atoms with Crippen LogP contribution in [0.2, 0.25) is 0 Å². The van der Waals surface area contributed by atoms with E-state index in [-0.39, 0.29) is 6.61 Å². The minimum Gasteiger partial charge on any atom is -0.481 e. The Morgan fingerprint density at radius 3 is 2.70 bits per heavy atom. The normalized spacial score (nSPS) is 10.3. The molecule has 116 valence electrons. The highest BCUT2D eigenvalue weighted by atomic mass is 16.5. The summed E-state index contributed by atoms with van der Waals surface area (Å²) in [5, 5.41) is 4.57. The van der Waals surface area contributed by atoms with E-state index in [2.05, 4.69) is 16.0 Å². The van der Waals surface area contributed by atoms with E-state index in [1.165, 1.54) is 7.11 Å². The number of hydrogen-bond acceptors (Lipinski definition) is 4. The molecule has 0 atom stereocenters. The summed E-state index contributed by atoms with van der Waals surface area (Å²) in [4.78, 5) is 22.7. The number of hydrogen-bond donors (Lipinski definition) is 1. The number of nitrogens with one attached hydrogen (secondary N) is 1. The Kier molecular flexibility index (Phi) is 5.37. The molecule has 2 rings (SSSR count). The lowest BCUT2D eigenvalue weighted by molar-refractivity contribution is -0.135. The van der Waals surface area contributed by atoms with Gasteiger partial charge in [-0.25, -0.2) is 4.79 Å². The maximum atomic E-state index is 11.7. The Balaban J connectivity index is 2.15. The first kappa shape index (κ1) is 16.1. The molecule has 2 aromatic rings. The number of methoxy groups -OCH3 is 1. The van der Waals surface area contributed by atoms with Crippen molar-refractivity contribution in [3.8, 4) is 18.1 Å². The van der Waals surface area contributed by atoms with Gasteiger partial charge in [-0.2, -0.15) is 0 Å². The molecule has 0 aromatic heterocycles. The Labute approximate surface area is 133 Å². The van der Waals surface area contributed by atoms with Crippen molar-refractivity contribution in [3.63, 3.8) is 0 Å². The van der Waals surface area contributed by atoms with Gasteiger partial charge in [0.05, 0.1) is 7.11 Å². The predicted molar refractivity (Wildman–Crippen MR) is 88.1 cm³/mol. The van der Waals surface area contributed by atoms with Gasteiger partial charge >= 0.3 is 5.97 Å². The third-order valence-corrected chi connectivity index (χ3v) is 2.97. The summed E-state index contributed by atoms with van der Waals surface area (Å²) in [6.07, 6.45) is 7.34. The Hall–Kier alpha value is -3.26. The fourth-order valence-electron chi connectivity index (χ4n) is 1.91. The number of carbonyl (C=O) groups is 2. The predicted octanol–water partition coefficient (Wildman–Crippen LogP) is 2.52. The third kappa shape index (κ3) is 4.61. The van der Waals surface area contributed by atoms with E-state index < -0.39 is 11.9 Å². The van der Waals surface area contributed by atoms with E-state index in [9.17, 15) is 9.59 Å². The van der Waals surface area contributed by atoms with Crippen molar-refractivity contribution in [2.24, 2.45) is 0 Å². The molecule has 23 heavy (non-hydrogen) atoms. The topological polar surface area (TPSA) is 64.6 Å². The number of amides is 1. The highest BCUT2D eigenvalue weighted by Gasteiger charge is 2.02. The van der Waals surface area contributed by atoms with Crippen LogP contribution in [0.5, 0.6) is 5.75 Å². The van der Waals surface area contributed by atoms with Gasteiger partial charge in [0, 0.05) is 17.8 Å². The molecular formula is C18H15NO4. The molecule has 0 heterocycles. The van der Waals surface area contributed by atoms with Crippen LogP contribution in [0, 0.1) is 12.3 Å². The maximum Gasteiger partial charge on any atom is 0.330 e. The van der Waals surface area contributed by atoms with Gasteiger partial charge < -0.3 is 14.8 Å². The zero-order valence-corrected chi connectivity index (χ0v) is 12.5. The number of rotatable bonds is 5. The van der Waals surface area contributed by atoms with Gasteiger partial charge in [-0.15, -0.1) is 6.42 Å². The van der Waals surface area contributed by atoms with E-state index in [1.54, 1.807) is 6.07 Å². The van der Waals surface area contributed by atoms with E-state index >= 15 is 0 Å². The molecule has 0 spiro atoms. The van der Waals surface area contributed by atoms with Crippen molar-refractivity contribution >= 4 is 28.3 Å². The van der Waals surface area contributed by atoms with Gasteiger partial charge in [0.1, 0.15) is 12.4 Å². The zero-order chi connectivity index (χ0) is 16.7. The summed E-state index contributed by atoms with van der Waals surface area (Å²) in [5.41, 5.74) is 0.603. The second kappa shape index (κ2) is 7.66. The molecule has 0 fully saturated rings. The quantitative estimate of drug-likeness (QED) is 0.523. The van der Waals surface area contributed by atoms with Gasteiger partial charge in [-0.3, -0.25) is 4.79 Å². The van der Waals surface area contributed by atoms with E-state index in [0.29, 0.717) is 11.4 Å². The highest BCUT2D eigenvalue weighted by molar-refractivity contribution is 6.03. The van der Waals surface area contributed by atoms with Crippen LogP contribution < -0.4 is 10.1 Å². The van der Waals surface area contributed by atoms with Crippen LogP contribution in [-0.2, 0) is 14.3 Å². The molecule has 0 bridgehead atoms. The molecule has 1 N–H and O–H groups in total. The molecule has 1 amide bonds. The average molecular weight is 309 g/mol. The van der Waals surface area contributed by atoms with Gasteiger partial charge in [-0.05, 0) is 35.0 Å². The van der Waals surface area contributed by atoms with Gasteiger partial charge in [-0.1, -0.05) is 18.1 Å². The molecule has 2 aromatic carbocycles. The second-order valence-corrected chi connectivity index (χ2v) is 4.56.